The number of rotatable bonds is 8. The molecule has 2 aromatic heterocycles. The van der Waals surface area contributed by atoms with Crippen molar-refractivity contribution in [2.24, 2.45) is 0 Å². The number of amides is 2. The van der Waals surface area contributed by atoms with Gasteiger partial charge in [-0.3, -0.25) is 19.5 Å². The standard InChI is InChI=1S/C31H38N6O3/c1-23-11-12-32-29(19-23)26-20-25(37-13-4-3-5-14-37)9-10-27(26)34-31(39)28-8-6-7-24(33-28)21-35(2)30(38)22-36-15-17-40-18-16-36/h6-12,19-20H,3-5,13-18,21-22H2,1-2H3,(H,34,39). The molecule has 1 N–H and O–H groups in total. The zero-order chi connectivity index (χ0) is 27.9. The zero-order valence-electron chi connectivity index (χ0n) is 23.4. The number of benzene rings is 1. The first-order valence-corrected chi connectivity index (χ1v) is 14.1. The molecule has 0 aliphatic carbocycles. The minimum absolute atomic E-state index is 0.0163. The second kappa shape index (κ2) is 13.0. The summed E-state index contributed by atoms with van der Waals surface area (Å²) in [7, 11) is 1.77. The van der Waals surface area contributed by atoms with E-state index >= 15 is 0 Å². The van der Waals surface area contributed by atoms with Gasteiger partial charge >= 0.3 is 0 Å². The quantitative estimate of drug-likeness (QED) is 0.460. The molecule has 3 aromatic rings. The number of pyridine rings is 2. The molecule has 4 heterocycles. The van der Waals surface area contributed by atoms with Gasteiger partial charge in [-0.2, -0.15) is 0 Å². The summed E-state index contributed by atoms with van der Waals surface area (Å²) in [6, 6.07) is 15.5. The van der Waals surface area contributed by atoms with Crippen LogP contribution in [0.1, 0.15) is 41.0 Å². The van der Waals surface area contributed by atoms with Crippen LogP contribution < -0.4 is 10.2 Å². The number of aryl methyl sites for hydroxylation is 1. The Balaban J connectivity index is 1.31. The van der Waals surface area contributed by atoms with E-state index in [0.29, 0.717) is 43.4 Å². The Morgan fingerprint density at radius 2 is 1.80 bits per heavy atom. The number of carbonyl (C=O) groups is 2. The zero-order valence-corrected chi connectivity index (χ0v) is 23.4. The van der Waals surface area contributed by atoms with Gasteiger partial charge in [0.25, 0.3) is 5.91 Å². The highest BCUT2D eigenvalue weighted by Gasteiger charge is 2.19. The molecular formula is C31H38N6O3. The van der Waals surface area contributed by atoms with Crippen LogP contribution in [0.5, 0.6) is 0 Å². The Bertz CT molecular complexity index is 1330. The monoisotopic (exact) mass is 542 g/mol. The summed E-state index contributed by atoms with van der Waals surface area (Å²) in [5, 5.41) is 3.07. The van der Waals surface area contributed by atoms with Crippen LogP contribution in [0.15, 0.2) is 54.7 Å². The first-order chi connectivity index (χ1) is 19.5. The molecule has 9 nitrogen and oxygen atoms in total. The van der Waals surface area contributed by atoms with Crippen molar-refractivity contribution in [1.29, 1.82) is 0 Å². The SMILES string of the molecule is Cc1ccnc(-c2cc(N3CCCCC3)ccc2NC(=O)c2cccc(CN(C)C(=O)CN3CCOCC3)n2)c1. The molecule has 1 aromatic carbocycles. The molecule has 2 aliphatic heterocycles. The van der Waals surface area contributed by atoms with E-state index in [1.807, 2.05) is 31.2 Å². The molecule has 210 valence electrons. The van der Waals surface area contributed by atoms with Crippen molar-refractivity contribution in [2.45, 2.75) is 32.7 Å². The van der Waals surface area contributed by atoms with Gasteiger partial charge in [0.05, 0.1) is 43.4 Å². The predicted octanol–water partition coefficient (Wildman–Crippen LogP) is 3.99. The van der Waals surface area contributed by atoms with E-state index in [-0.39, 0.29) is 11.8 Å². The summed E-state index contributed by atoms with van der Waals surface area (Å²) in [6.45, 7) is 7.60. The molecule has 2 amide bonds. The number of hydrogen-bond acceptors (Lipinski definition) is 7. The number of aromatic nitrogens is 2. The highest BCUT2D eigenvalue weighted by Crippen LogP contribution is 2.33. The van der Waals surface area contributed by atoms with Crippen LogP contribution in [-0.2, 0) is 16.1 Å². The molecule has 2 aliphatic rings. The van der Waals surface area contributed by atoms with Crippen LogP contribution >= 0.6 is 0 Å². The molecule has 0 saturated carbocycles. The molecule has 0 bridgehead atoms. The lowest BCUT2D eigenvalue weighted by Crippen LogP contribution is -2.43. The highest BCUT2D eigenvalue weighted by atomic mass is 16.5. The Kier molecular flexibility index (Phi) is 9.03. The normalized spacial score (nSPS) is 16.0. The summed E-state index contributed by atoms with van der Waals surface area (Å²) >= 11 is 0. The lowest BCUT2D eigenvalue weighted by Gasteiger charge is -2.29. The van der Waals surface area contributed by atoms with E-state index in [0.717, 1.165) is 48.7 Å². The fourth-order valence-electron chi connectivity index (χ4n) is 5.17. The lowest BCUT2D eigenvalue weighted by molar-refractivity contribution is -0.132. The van der Waals surface area contributed by atoms with Crippen molar-refractivity contribution in [3.8, 4) is 11.3 Å². The number of nitrogens with one attached hydrogen (secondary N) is 1. The summed E-state index contributed by atoms with van der Waals surface area (Å²) in [6.07, 6.45) is 5.44. The van der Waals surface area contributed by atoms with Gasteiger partial charge in [-0.15, -0.1) is 0 Å². The molecule has 2 fully saturated rings. The number of ether oxygens (including phenoxy) is 1. The summed E-state index contributed by atoms with van der Waals surface area (Å²) in [4.78, 5) is 41.5. The minimum atomic E-state index is -0.302. The molecular weight excluding hydrogens is 504 g/mol. The Morgan fingerprint density at radius 1 is 1.00 bits per heavy atom. The van der Waals surface area contributed by atoms with E-state index in [1.165, 1.54) is 19.3 Å². The fraction of sp³-hybridized carbons (Fsp3) is 0.419. The number of piperidine rings is 1. The maximum Gasteiger partial charge on any atom is 0.274 e. The van der Waals surface area contributed by atoms with Gasteiger partial charge in [-0.1, -0.05) is 6.07 Å². The van der Waals surface area contributed by atoms with Gasteiger partial charge in [0.2, 0.25) is 5.91 Å². The Morgan fingerprint density at radius 3 is 2.58 bits per heavy atom. The molecule has 2 saturated heterocycles. The molecule has 0 spiro atoms. The summed E-state index contributed by atoms with van der Waals surface area (Å²) in [5.74, 6) is -0.286. The number of hydrogen-bond donors (Lipinski definition) is 1. The summed E-state index contributed by atoms with van der Waals surface area (Å²) in [5.41, 5.74) is 5.59. The average Bonchev–Trinajstić information content (AvgIpc) is 2.98. The largest absolute Gasteiger partial charge is 0.379 e. The minimum Gasteiger partial charge on any atom is -0.379 e. The van der Waals surface area contributed by atoms with Crippen molar-refractivity contribution in [3.63, 3.8) is 0 Å². The van der Waals surface area contributed by atoms with Crippen molar-refractivity contribution < 1.29 is 14.3 Å². The number of nitrogens with zero attached hydrogens (tertiary/aromatic N) is 5. The maximum atomic E-state index is 13.4. The predicted molar refractivity (Wildman–Crippen MR) is 156 cm³/mol. The summed E-state index contributed by atoms with van der Waals surface area (Å²) < 4.78 is 5.37. The van der Waals surface area contributed by atoms with Gasteiger partial charge in [0, 0.05) is 50.7 Å². The van der Waals surface area contributed by atoms with Crippen molar-refractivity contribution in [3.05, 3.63) is 71.7 Å². The van der Waals surface area contributed by atoms with Crippen molar-refractivity contribution in [2.75, 3.05) is 63.2 Å². The van der Waals surface area contributed by atoms with Gasteiger partial charge in [0.1, 0.15) is 5.69 Å². The van der Waals surface area contributed by atoms with Gasteiger partial charge in [-0.25, -0.2) is 4.98 Å². The Labute approximate surface area is 236 Å². The molecule has 0 unspecified atom stereocenters. The first-order valence-electron chi connectivity index (χ1n) is 14.1. The fourth-order valence-corrected chi connectivity index (χ4v) is 5.17. The van der Waals surface area contributed by atoms with Gasteiger partial charge in [0.15, 0.2) is 0 Å². The van der Waals surface area contributed by atoms with Gasteiger partial charge < -0.3 is 19.9 Å². The van der Waals surface area contributed by atoms with Crippen LogP contribution in [0.4, 0.5) is 11.4 Å². The maximum absolute atomic E-state index is 13.4. The first kappa shape index (κ1) is 27.7. The van der Waals surface area contributed by atoms with Crippen molar-refractivity contribution in [1.82, 2.24) is 19.8 Å². The van der Waals surface area contributed by atoms with E-state index < -0.39 is 0 Å². The van der Waals surface area contributed by atoms with Crippen LogP contribution in [0.25, 0.3) is 11.3 Å². The van der Waals surface area contributed by atoms with Crippen molar-refractivity contribution >= 4 is 23.2 Å². The number of likely N-dealkylation sites (N-methyl/N-ethyl adjacent to an activating group) is 1. The lowest BCUT2D eigenvalue weighted by atomic mass is 10.0. The topological polar surface area (TPSA) is 90.9 Å². The Hall–Kier alpha value is -3.82. The third-order valence-corrected chi connectivity index (χ3v) is 7.49. The average molecular weight is 543 g/mol. The third-order valence-electron chi connectivity index (χ3n) is 7.49. The third kappa shape index (κ3) is 7.03. The van der Waals surface area contributed by atoms with E-state index in [1.54, 1.807) is 30.3 Å². The van der Waals surface area contributed by atoms with Crippen LogP contribution in [0, 0.1) is 6.92 Å². The second-order valence-electron chi connectivity index (χ2n) is 10.6. The molecule has 40 heavy (non-hydrogen) atoms. The van der Waals surface area contributed by atoms with Crippen LogP contribution in [0.2, 0.25) is 0 Å². The smallest absolute Gasteiger partial charge is 0.274 e. The van der Waals surface area contributed by atoms with E-state index in [4.69, 9.17) is 4.74 Å². The van der Waals surface area contributed by atoms with E-state index in [2.05, 4.69) is 37.2 Å². The molecule has 0 radical (unpaired) electrons. The molecule has 0 atom stereocenters. The van der Waals surface area contributed by atoms with Crippen LogP contribution in [-0.4, -0.2) is 84.6 Å². The second-order valence-corrected chi connectivity index (χ2v) is 10.6. The number of anilines is 2. The van der Waals surface area contributed by atoms with E-state index in [9.17, 15) is 9.59 Å². The molecule has 5 rings (SSSR count). The van der Waals surface area contributed by atoms with Gasteiger partial charge in [-0.05, 0) is 74.2 Å². The number of morpholine rings is 1. The highest BCUT2D eigenvalue weighted by molar-refractivity contribution is 6.05. The molecule has 9 heteroatoms. The number of carbonyl (C=O) groups excluding carboxylic acids is 2. The van der Waals surface area contributed by atoms with Crippen LogP contribution in [0.3, 0.4) is 0 Å².